The molecule has 1 fully saturated rings. The predicted molar refractivity (Wildman–Crippen MR) is 99.1 cm³/mol. The van der Waals surface area contributed by atoms with Gasteiger partial charge in [0.05, 0.1) is 6.61 Å². The quantitative estimate of drug-likeness (QED) is 0.869. The Labute approximate surface area is 146 Å². The standard InChI is InChI=1S/C19H22N2O2S/c22-14-16-13-18(24-15-16)7-8-19(23)21-10-4-9-20(11-12-21)17-5-2-1-3-6-17/h1-3,5-8,13,15,22H,4,9-12,14H2/b8-7+. The van der Waals surface area contributed by atoms with E-state index in [0.29, 0.717) is 0 Å². The number of benzene rings is 1. The van der Waals surface area contributed by atoms with Gasteiger partial charge >= 0.3 is 0 Å². The van der Waals surface area contributed by atoms with Crippen LogP contribution in [0.15, 0.2) is 47.9 Å². The zero-order chi connectivity index (χ0) is 16.8. The van der Waals surface area contributed by atoms with Crippen molar-refractivity contribution in [3.05, 3.63) is 58.3 Å². The van der Waals surface area contributed by atoms with Crippen LogP contribution >= 0.6 is 11.3 Å². The van der Waals surface area contributed by atoms with Gasteiger partial charge in [-0.3, -0.25) is 4.79 Å². The summed E-state index contributed by atoms with van der Waals surface area (Å²) in [4.78, 5) is 17.7. The fraction of sp³-hybridized carbons (Fsp3) is 0.316. The zero-order valence-electron chi connectivity index (χ0n) is 13.6. The zero-order valence-corrected chi connectivity index (χ0v) is 14.4. The van der Waals surface area contributed by atoms with Crippen LogP contribution in [0.3, 0.4) is 0 Å². The first-order valence-electron chi connectivity index (χ1n) is 8.21. The molecule has 0 unspecified atom stereocenters. The Morgan fingerprint density at radius 3 is 2.75 bits per heavy atom. The van der Waals surface area contributed by atoms with Gasteiger partial charge in [0, 0.05) is 42.8 Å². The molecular formula is C19H22N2O2S. The maximum Gasteiger partial charge on any atom is 0.246 e. The molecule has 0 bridgehead atoms. The summed E-state index contributed by atoms with van der Waals surface area (Å²) in [6.45, 7) is 3.41. The minimum absolute atomic E-state index is 0.0414. The lowest BCUT2D eigenvalue weighted by Gasteiger charge is -2.23. The number of hydrogen-bond acceptors (Lipinski definition) is 4. The Morgan fingerprint density at radius 1 is 1.17 bits per heavy atom. The fourth-order valence-electron chi connectivity index (χ4n) is 2.86. The number of nitrogens with zero attached hydrogens (tertiary/aromatic N) is 2. The number of carbonyl (C=O) groups excluding carboxylic acids is 1. The summed E-state index contributed by atoms with van der Waals surface area (Å²) >= 11 is 1.54. The van der Waals surface area contributed by atoms with E-state index in [1.165, 1.54) is 17.0 Å². The Morgan fingerprint density at radius 2 is 2.00 bits per heavy atom. The predicted octanol–water partition coefficient (Wildman–Crippen LogP) is 2.99. The SMILES string of the molecule is O=C(/C=C/c1cc(CO)cs1)N1CCCN(c2ccccc2)CC1. The molecule has 0 spiro atoms. The van der Waals surface area contributed by atoms with Gasteiger partial charge in [0.15, 0.2) is 0 Å². The van der Waals surface area contributed by atoms with E-state index in [1.807, 2.05) is 40.6 Å². The number of amides is 1. The van der Waals surface area contributed by atoms with E-state index in [-0.39, 0.29) is 12.5 Å². The molecule has 1 aromatic carbocycles. The molecule has 2 heterocycles. The molecule has 1 aromatic heterocycles. The highest BCUT2D eigenvalue weighted by Gasteiger charge is 2.17. The van der Waals surface area contributed by atoms with Gasteiger partial charge in [-0.2, -0.15) is 0 Å². The second-order valence-electron chi connectivity index (χ2n) is 5.85. The monoisotopic (exact) mass is 342 g/mol. The largest absolute Gasteiger partial charge is 0.392 e. The van der Waals surface area contributed by atoms with Gasteiger partial charge in [0.1, 0.15) is 0 Å². The van der Waals surface area contributed by atoms with Gasteiger partial charge in [0.2, 0.25) is 5.91 Å². The Kier molecular flexibility index (Phi) is 5.67. The third kappa shape index (κ3) is 4.24. The van der Waals surface area contributed by atoms with E-state index < -0.39 is 0 Å². The molecule has 2 aromatic rings. The average molecular weight is 342 g/mol. The minimum Gasteiger partial charge on any atom is -0.392 e. The molecule has 0 saturated carbocycles. The van der Waals surface area contributed by atoms with Crippen molar-refractivity contribution in [2.75, 3.05) is 31.1 Å². The first-order chi connectivity index (χ1) is 11.8. The third-order valence-corrected chi connectivity index (χ3v) is 5.12. The van der Waals surface area contributed by atoms with Crippen molar-refractivity contribution in [3.63, 3.8) is 0 Å². The summed E-state index contributed by atoms with van der Waals surface area (Å²) in [5, 5.41) is 11.0. The number of rotatable bonds is 4. The van der Waals surface area contributed by atoms with Crippen LogP contribution in [0, 0.1) is 0 Å². The van der Waals surface area contributed by atoms with Crippen LogP contribution < -0.4 is 4.90 Å². The summed E-state index contributed by atoms with van der Waals surface area (Å²) in [5.74, 6) is 0.0591. The van der Waals surface area contributed by atoms with Crippen molar-refractivity contribution in [1.29, 1.82) is 0 Å². The van der Waals surface area contributed by atoms with Crippen molar-refractivity contribution >= 4 is 29.0 Å². The second-order valence-corrected chi connectivity index (χ2v) is 6.79. The maximum absolute atomic E-state index is 12.4. The maximum atomic E-state index is 12.4. The lowest BCUT2D eigenvalue weighted by molar-refractivity contribution is -0.125. The Balaban J connectivity index is 1.58. The van der Waals surface area contributed by atoms with E-state index in [0.717, 1.165) is 43.0 Å². The van der Waals surface area contributed by atoms with Crippen molar-refractivity contribution in [1.82, 2.24) is 4.90 Å². The molecule has 1 amide bonds. The van der Waals surface area contributed by atoms with Gasteiger partial charge in [-0.1, -0.05) is 18.2 Å². The lowest BCUT2D eigenvalue weighted by atomic mass is 10.3. The molecule has 1 aliphatic rings. The van der Waals surface area contributed by atoms with Crippen LogP contribution in [0.1, 0.15) is 16.9 Å². The third-order valence-electron chi connectivity index (χ3n) is 4.18. The summed E-state index contributed by atoms with van der Waals surface area (Å²) in [7, 11) is 0. The number of aliphatic hydroxyl groups excluding tert-OH is 1. The van der Waals surface area contributed by atoms with Crippen LogP contribution in [0.25, 0.3) is 6.08 Å². The van der Waals surface area contributed by atoms with Crippen LogP contribution in [-0.4, -0.2) is 42.1 Å². The molecule has 0 aliphatic carbocycles. The highest BCUT2D eigenvalue weighted by Crippen LogP contribution is 2.18. The molecule has 0 radical (unpaired) electrons. The van der Waals surface area contributed by atoms with Gasteiger partial charge in [-0.05, 0) is 41.6 Å². The van der Waals surface area contributed by atoms with Crippen molar-refractivity contribution < 1.29 is 9.90 Å². The first-order valence-corrected chi connectivity index (χ1v) is 9.09. The van der Waals surface area contributed by atoms with E-state index in [1.54, 1.807) is 6.08 Å². The molecule has 1 saturated heterocycles. The fourth-order valence-corrected chi connectivity index (χ4v) is 3.65. The normalized spacial score (nSPS) is 15.7. The highest BCUT2D eigenvalue weighted by atomic mass is 32.1. The van der Waals surface area contributed by atoms with E-state index in [4.69, 9.17) is 5.11 Å². The number of carbonyl (C=O) groups is 1. The molecule has 0 atom stereocenters. The molecule has 126 valence electrons. The van der Waals surface area contributed by atoms with Crippen molar-refractivity contribution in [2.45, 2.75) is 13.0 Å². The average Bonchev–Trinajstić information content (AvgIpc) is 2.95. The molecule has 5 heteroatoms. The summed E-state index contributed by atoms with van der Waals surface area (Å²) in [6.07, 6.45) is 4.46. The van der Waals surface area contributed by atoms with Gasteiger partial charge in [-0.15, -0.1) is 11.3 Å². The highest BCUT2D eigenvalue weighted by molar-refractivity contribution is 7.11. The summed E-state index contributed by atoms with van der Waals surface area (Å²) in [5.41, 5.74) is 2.11. The Hall–Kier alpha value is -2.11. The molecular weight excluding hydrogens is 320 g/mol. The number of thiophene rings is 1. The van der Waals surface area contributed by atoms with Crippen molar-refractivity contribution in [2.24, 2.45) is 0 Å². The van der Waals surface area contributed by atoms with Crippen LogP contribution in [-0.2, 0) is 11.4 Å². The Bertz CT molecular complexity index is 696. The van der Waals surface area contributed by atoms with Crippen molar-refractivity contribution in [3.8, 4) is 0 Å². The van der Waals surface area contributed by atoms with Crippen LogP contribution in [0.4, 0.5) is 5.69 Å². The minimum atomic E-state index is 0.0414. The molecule has 4 nitrogen and oxygen atoms in total. The first kappa shape index (κ1) is 16.7. The van der Waals surface area contributed by atoms with E-state index in [2.05, 4.69) is 17.0 Å². The van der Waals surface area contributed by atoms with Crippen LogP contribution in [0.2, 0.25) is 0 Å². The molecule has 1 N–H and O–H groups in total. The van der Waals surface area contributed by atoms with E-state index in [9.17, 15) is 4.79 Å². The number of anilines is 1. The van der Waals surface area contributed by atoms with Gasteiger partial charge in [-0.25, -0.2) is 0 Å². The topological polar surface area (TPSA) is 43.8 Å². The summed E-state index contributed by atoms with van der Waals surface area (Å²) in [6, 6.07) is 12.3. The number of aliphatic hydroxyl groups is 1. The van der Waals surface area contributed by atoms with E-state index >= 15 is 0 Å². The molecule has 1 aliphatic heterocycles. The van der Waals surface area contributed by atoms with Gasteiger partial charge < -0.3 is 14.9 Å². The smallest absolute Gasteiger partial charge is 0.246 e. The second kappa shape index (κ2) is 8.13. The van der Waals surface area contributed by atoms with Gasteiger partial charge in [0.25, 0.3) is 0 Å². The van der Waals surface area contributed by atoms with Crippen LogP contribution in [0.5, 0.6) is 0 Å². The molecule has 24 heavy (non-hydrogen) atoms. The number of para-hydroxylation sites is 1. The number of hydrogen-bond donors (Lipinski definition) is 1. The summed E-state index contributed by atoms with van der Waals surface area (Å²) < 4.78 is 0. The lowest BCUT2D eigenvalue weighted by Crippen LogP contribution is -2.34. The molecule has 3 rings (SSSR count).